The van der Waals surface area contributed by atoms with Gasteiger partial charge in [-0.05, 0) is 47.1 Å². The first-order chi connectivity index (χ1) is 9.51. The average molecular weight is 339 g/mol. The third kappa shape index (κ3) is 3.08. The molecule has 0 spiro atoms. The Morgan fingerprint density at radius 2 is 2.00 bits per heavy atom. The van der Waals surface area contributed by atoms with Crippen LogP contribution in [-0.4, -0.2) is 11.0 Å². The lowest BCUT2D eigenvalue weighted by atomic mass is 10.1. The van der Waals surface area contributed by atoms with Crippen LogP contribution in [0.1, 0.15) is 11.1 Å². The van der Waals surface area contributed by atoms with Gasteiger partial charge in [0.05, 0.1) is 10.0 Å². The molecule has 0 fully saturated rings. The molecule has 0 aliphatic carbocycles. The molecular weight excluding hydrogens is 327 g/mol. The lowest BCUT2D eigenvalue weighted by molar-refractivity contribution is 0.318. The third-order valence-corrected chi connectivity index (χ3v) is 3.29. The van der Waals surface area contributed by atoms with Crippen molar-refractivity contribution in [2.24, 2.45) is 10.9 Å². The van der Waals surface area contributed by atoms with Gasteiger partial charge in [0.1, 0.15) is 17.3 Å². The molecule has 2 aromatic rings. The molecule has 0 saturated carbocycles. The van der Waals surface area contributed by atoms with Gasteiger partial charge in [0.15, 0.2) is 5.84 Å². The van der Waals surface area contributed by atoms with E-state index in [1.165, 1.54) is 12.1 Å². The molecule has 0 aliphatic heterocycles. The van der Waals surface area contributed by atoms with Crippen LogP contribution >= 0.6 is 15.9 Å². The van der Waals surface area contributed by atoms with Crippen LogP contribution in [0.2, 0.25) is 0 Å². The van der Waals surface area contributed by atoms with Crippen molar-refractivity contribution in [2.45, 2.75) is 6.92 Å². The van der Waals surface area contributed by atoms with Crippen LogP contribution in [0.4, 0.5) is 4.39 Å². The minimum Gasteiger partial charge on any atom is -0.455 e. The van der Waals surface area contributed by atoms with E-state index in [1.807, 2.05) is 13.0 Å². The second-order valence-electron chi connectivity index (χ2n) is 4.16. The maximum absolute atomic E-state index is 13.3. The molecular formula is C14H12BrFN2O2. The van der Waals surface area contributed by atoms with E-state index in [9.17, 15) is 4.39 Å². The summed E-state index contributed by atoms with van der Waals surface area (Å²) in [6.45, 7) is 1.87. The lowest BCUT2D eigenvalue weighted by Gasteiger charge is -2.12. The number of ether oxygens (including phenoxy) is 1. The van der Waals surface area contributed by atoms with Gasteiger partial charge in [-0.2, -0.15) is 0 Å². The summed E-state index contributed by atoms with van der Waals surface area (Å²) >= 11 is 3.28. The molecule has 0 atom stereocenters. The van der Waals surface area contributed by atoms with Crippen molar-refractivity contribution in [1.82, 2.24) is 0 Å². The van der Waals surface area contributed by atoms with Crippen molar-refractivity contribution in [3.05, 3.63) is 57.8 Å². The predicted octanol–water partition coefficient (Wildman–Crippen LogP) is 3.78. The average Bonchev–Trinajstić information content (AvgIpc) is 2.43. The van der Waals surface area contributed by atoms with Crippen molar-refractivity contribution in [1.29, 1.82) is 0 Å². The van der Waals surface area contributed by atoms with Crippen LogP contribution in [0.5, 0.6) is 11.5 Å². The van der Waals surface area contributed by atoms with Crippen LogP contribution in [0.25, 0.3) is 0 Å². The van der Waals surface area contributed by atoms with E-state index < -0.39 is 5.82 Å². The van der Waals surface area contributed by atoms with Gasteiger partial charge < -0.3 is 15.7 Å². The molecule has 104 valence electrons. The summed E-state index contributed by atoms with van der Waals surface area (Å²) < 4.78 is 19.5. The number of aryl methyl sites for hydroxylation is 1. The van der Waals surface area contributed by atoms with Gasteiger partial charge in [0.25, 0.3) is 0 Å². The Bertz CT molecular complexity index is 674. The number of nitrogens with two attached hydrogens (primary N) is 1. The van der Waals surface area contributed by atoms with E-state index in [-0.39, 0.29) is 5.84 Å². The third-order valence-electron chi connectivity index (χ3n) is 2.63. The van der Waals surface area contributed by atoms with E-state index in [0.717, 1.165) is 5.56 Å². The fourth-order valence-electron chi connectivity index (χ4n) is 1.66. The first-order valence-electron chi connectivity index (χ1n) is 5.72. The van der Waals surface area contributed by atoms with Crippen LogP contribution in [0.3, 0.4) is 0 Å². The normalized spacial score (nSPS) is 11.4. The molecule has 20 heavy (non-hydrogen) atoms. The van der Waals surface area contributed by atoms with E-state index in [1.54, 1.807) is 18.2 Å². The van der Waals surface area contributed by atoms with Gasteiger partial charge in [-0.15, -0.1) is 0 Å². The SMILES string of the molecule is Cc1ccc(Oc2cc(F)ccc2Br)c(/C(N)=N/O)c1. The highest BCUT2D eigenvalue weighted by atomic mass is 79.9. The first kappa shape index (κ1) is 14.3. The quantitative estimate of drug-likeness (QED) is 0.387. The molecule has 0 aliphatic rings. The van der Waals surface area contributed by atoms with E-state index in [2.05, 4.69) is 21.1 Å². The van der Waals surface area contributed by atoms with Crippen molar-refractivity contribution in [3.63, 3.8) is 0 Å². The Kier molecular flexibility index (Phi) is 4.24. The Labute approximate surface area is 123 Å². The number of oxime groups is 1. The van der Waals surface area contributed by atoms with Crippen LogP contribution in [0, 0.1) is 12.7 Å². The summed E-state index contributed by atoms with van der Waals surface area (Å²) in [6, 6.07) is 9.33. The van der Waals surface area contributed by atoms with E-state index >= 15 is 0 Å². The number of amidine groups is 1. The zero-order chi connectivity index (χ0) is 14.7. The summed E-state index contributed by atoms with van der Waals surface area (Å²) in [7, 11) is 0. The summed E-state index contributed by atoms with van der Waals surface area (Å²) in [6.07, 6.45) is 0. The molecule has 0 amide bonds. The van der Waals surface area contributed by atoms with Crippen LogP contribution < -0.4 is 10.5 Å². The van der Waals surface area contributed by atoms with Gasteiger partial charge in [-0.1, -0.05) is 16.8 Å². The fraction of sp³-hybridized carbons (Fsp3) is 0.0714. The highest BCUT2D eigenvalue weighted by molar-refractivity contribution is 9.10. The Morgan fingerprint density at radius 3 is 2.70 bits per heavy atom. The Hall–Kier alpha value is -2.08. The number of hydrogen-bond acceptors (Lipinski definition) is 3. The molecule has 0 bridgehead atoms. The van der Waals surface area contributed by atoms with Crippen molar-refractivity contribution in [3.8, 4) is 11.5 Å². The van der Waals surface area contributed by atoms with Gasteiger partial charge in [0.2, 0.25) is 0 Å². The number of hydrogen-bond donors (Lipinski definition) is 2. The molecule has 4 nitrogen and oxygen atoms in total. The number of nitrogens with zero attached hydrogens (tertiary/aromatic N) is 1. The molecule has 2 aromatic carbocycles. The molecule has 6 heteroatoms. The maximum atomic E-state index is 13.3. The Balaban J connectivity index is 2.46. The summed E-state index contributed by atoms with van der Waals surface area (Å²) in [5.41, 5.74) is 6.98. The van der Waals surface area contributed by atoms with E-state index in [4.69, 9.17) is 15.7 Å². The molecule has 0 radical (unpaired) electrons. The van der Waals surface area contributed by atoms with Gasteiger partial charge in [-0.25, -0.2) is 4.39 Å². The minimum absolute atomic E-state index is 0.0729. The van der Waals surface area contributed by atoms with Crippen molar-refractivity contribution in [2.75, 3.05) is 0 Å². The van der Waals surface area contributed by atoms with Crippen molar-refractivity contribution >= 4 is 21.8 Å². The smallest absolute Gasteiger partial charge is 0.173 e. The summed E-state index contributed by atoms with van der Waals surface area (Å²) in [5.74, 6) is 0.190. The number of halogens is 2. The largest absolute Gasteiger partial charge is 0.455 e. The van der Waals surface area contributed by atoms with Crippen LogP contribution in [0.15, 0.2) is 46.0 Å². The molecule has 0 unspecified atom stereocenters. The second kappa shape index (κ2) is 5.92. The fourth-order valence-corrected chi connectivity index (χ4v) is 1.99. The molecule has 0 heterocycles. The van der Waals surface area contributed by atoms with Gasteiger partial charge in [0, 0.05) is 6.07 Å². The molecule has 0 saturated heterocycles. The second-order valence-corrected chi connectivity index (χ2v) is 5.02. The molecule has 2 rings (SSSR count). The zero-order valence-corrected chi connectivity index (χ0v) is 12.2. The van der Waals surface area contributed by atoms with Crippen LogP contribution in [-0.2, 0) is 0 Å². The molecule has 0 aromatic heterocycles. The van der Waals surface area contributed by atoms with Crippen molar-refractivity contribution < 1.29 is 14.3 Å². The molecule has 3 N–H and O–H groups in total. The highest BCUT2D eigenvalue weighted by Gasteiger charge is 2.12. The zero-order valence-electron chi connectivity index (χ0n) is 10.6. The Morgan fingerprint density at radius 1 is 1.25 bits per heavy atom. The standard InChI is InChI=1S/C14H12BrFN2O2/c1-8-2-5-12(10(6-8)14(17)18-19)20-13-7-9(16)3-4-11(13)15/h2-7,19H,1H3,(H2,17,18). The van der Waals surface area contributed by atoms with E-state index in [0.29, 0.717) is 21.5 Å². The monoisotopic (exact) mass is 338 g/mol. The summed E-state index contributed by atoms with van der Waals surface area (Å²) in [5, 5.41) is 11.8. The highest BCUT2D eigenvalue weighted by Crippen LogP contribution is 2.32. The first-order valence-corrected chi connectivity index (χ1v) is 6.52. The summed E-state index contributed by atoms with van der Waals surface area (Å²) in [4.78, 5) is 0. The number of rotatable bonds is 3. The maximum Gasteiger partial charge on any atom is 0.173 e. The number of benzene rings is 2. The van der Waals surface area contributed by atoms with Gasteiger partial charge >= 0.3 is 0 Å². The van der Waals surface area contributed by atoms with Gasteiger partial charge in [-0.3, -0.25) is 0 Å². The predicted molar refractivity (Wildman–Crippen MR) is 77.9 cm³/mol. The minimum atomic E-state index is -0.416. The topological polar surface area (TPSA) is 67.8 Å². The lowest BCUT2D eigenvalue weighted by Crippen LogP contribution is -2.14.